The van der Waals surface area contributed by atoms with Crippen LogP contribution in [-0.4, -0.2) is 0 Å². The third kappa shape index (κ3) is 1.45. The Hall–Kier alpha value is 0. The first-order valence-corrected chi connectivity index (χ1v) is 5.09. The maximum absolute atomic E-state index is 2.39. The van der Waals surface area contributed by atoms with Crippen LogP contribution in [0.4, 0.5) is 0 Å². The summed E-state index contributed by atoms with van der Waals surface area (Å²) in [5, 5.41) is 0. The van der Waals surface area contributed by atoms with E-state index in [1.807, 2.05) is 0 Å². The fourth-order valence-corrected chi connectivity index (χ4v) is 2.85. The quantitative estimate of drug-likeness (QED) is 0.566. The molecule has 0 atom stereocenters. The minimum atomic E-state index is 0.694. The zero-order valence-corrected chi connectivity index (χ0v) is 8.48. The first kappa shape index (κ1) is 9.09. The maximum Gasteiger partial charge on any atom is -0.0251 e. The van der Waals surface area contributed by atoms with Crippen LogP contribution in [-0.2, 0) is 0 Å². The Bertz CT molecular complexity index is 106. The molecule has 0 aliphatic heterocycles. The van der Waals surface area contributed by atoms with Crippen molar-refractivity contribution in [2.45, 2.75) is 53.4 Å². The highest BCUT2D eigenvalue weighted by Gasteiger charge is 2.39. The number of hydrogen-bond donors (Lipinski definition) is 0. The van der Waals surface area contributed by atoms with E-state index >= 15 is 0 Å². The molecule has 0 heteroatoms. The summed E-state index contributed by atoms with van der Waals surface area (Å²) in [4.78, 5) is 0. The topological polar surface area (TPSA) is 0 Å². The zero-order chi connectivity index (χ0) is 8.48. The predicted octanol–water partition coefficient (Wildman–Crippen LogP) is 3.86. The van der Waals surface area contributed by atoms with Gasteiger partial charge in [0.05, 0.1) is 0 Å². The van der Waals surface area contributed by atoms with Gasteiger partial charge >= 0.3 is 0 Å². The van der Waals surface area contributed by atoms with Crippen molar-refractivity contribution < 1.29 is 0 Å². The Labute approximate surface area is 71.4 Å². The van der Waals surface area contributed by atoms with E-state index in [1.54, 1.807) is 0 Å². The van der Waals surface area contributed by atoms with Gasteiger partial charge in [-0.3, -0.25) is 0 Å². The van der Waals surface area contributed by atoms with Crippen LogP contribution in [0.5, 0.6) is 0 Å². The normalized spacial score (nSPS) is 23.5. The molecule has 1 saturated carbocycles. The summed E-state index contributed by atoms with van der Waals surface area (Å²) in [5.74, 6) is 1.76. The van der Waals surface area contributed by atoms with E-state index in [9.17, 15) is 0 Å². The van der Waals surface area contributed by atoms with Crippen molar-refractivity contribution in [2.24, 2.45) is 17.3 Å². The van der Waals surface area contributed by atoms with Gasteiger partial charge in [-0.15, -0.1) is 0 Å². The summed E-state index contributed by atoms with van der Waals surface area (Å²) < 4.78 is 0. The second-order valence-corrected chi connectivity index (χ2v) is 4.75. The molecular weight excluding hydrogens is 132 g/mol. The standard InChI is InChI=1S/C11H22/c1-9(2)11(10(3)4)7-5-6-8-11/h9-10H,5-8H2,1-4H3. The van der Waals surface area contributed by atoms with Crippen molar-refractivity contribution >= 4 is 0 Å². The molecule has 0 spiro atoms. The molecule has 11 heavy (non-hydrogen) atoms. The van der Waals surface area contributed by atoms with Crippen LogP contribution in [0.3, 0.4) is 0 Å². The molecule has 0 heterocycles. The van der Waals surface area contributed by atoms with E-state index in [2.05, 4.69) is 27.7 Å². The predicted molar refractivity (Wildman–Crippen MR) is 50.6 cm³/mol. The minimum absolute atomic E-state index is 0.694. The maximum atomic E-state index is 2.39. The summed E-state index contributed by atoms with van der Waals surface area (Å²) >= 11 is 0. The van der Waals surface area contributed by atoms with Crippen LogP contribution in [0.1, 0.15) is 53.4 Å². The van der Waals surface area contributed by atoms with Gasteiger partial charge in [0.25, 0.3) is 0 Å². The van der Waals surface area contributed by atoms with E-state index < -0.39 is 0 Å². The molecular formula is C11H22. The second-order valence-electron chi connectivity index (χ2n) is 4.75. The van der Waals surface area contributed by atoms with Crippen LogP contribution in [0.25, 0.3) is 0 Å². The van der Waals surface area contributed by atoms with Crippen molar-refractivity contribution in [1.29, 1.82) is 0 Å². The molecule has 1 rings (SSSR count). The highest BCUT2D eigenvalue weighted by Crippen LogP contribution is 2.49. The van der Waals surface area contributed by atoms with E-state index in [0.29, 0.717) is 5.41 Å². The molecule has 0 unspecified atom stereocenters. The third-order valence-corrected chi connectivity index (χ3v) is 3.83. The van der Waals surface area contributed by atoms with Crippen LogP contribution >= 0.6 is 0 Å². The summed E-state index contributed by atoms with van der Waals surface area (Å²) in [6.07, 6.45) is 5.89. The van der Waals surface area contributed by atoms with Gasteiger partial charge in [-0.2, -0.15) is 0 Å². The molecule has 0 radical (unpaired) electrons. The van der Waals surface area contributed by atoms with E-state index in [-0.39, 0.29) is 0 Å². The van der Waals surface area contributed by atoms with Crippen molar-refractivity contribution in [3.63, 3.8) is 0 Å². The molecule has 0 aromatic carbocycles. The molecule has 0 N–H and O–H groups in total. The molecule has 0 aromatic rings. The van der Waals surface area contributed by atoms with Gasteiger partial charge in [-0.25, -0.2) is 0 Å². The average molecular weight is 154 g/mol. The molecule has 0 amide bonds. The monoisotopic (exact) mass is 154 g/mol. The second kappa shape index (κ2) is 3.16. The van der Waals surface area contributed by atoms with Gasteiger partial charge in [-0.05, 0) is 30.1 Å². The molecule has 0 aromatic heterocycles. The highest BCUT2D eigenvalue weighted by molar-refractivity contribution is 4.89. The molecule has 1 aliphatic carbocycles. The van der Waals surface area contributed by atoms with Gasteiger partial charge in [0.15, 0.2) is 0 Å². The van der Waals surface area contributed by atoms with Gasteiger partial charge in [0.1, 0.15) is 0 Å². The fraction of sp³-hybridized carbons (Fsp3) is 1.00. The van der Waals surface area contributed by atoms with Crippen LogP contribution in [0.15, 0.2) is 0 Å². The van der Waals surface area contributed by atoms with Crippen molar-refractivity contribution in [3.8, 4) is 0 Å². The lowest BCUT2D eigenvalue weighted by Crippen LogP contribution is -2.29. The van der Waals surface area contributed by atoms with Crippen LogP contribution < -0.4 is 0 Å². The molecule has 0 bridgehead atoms. The Morgan fingerprint density at radius 2 is 1.18 bits per heavy atom. The third-order valence-electron chi connectivity index (χ3n) is 3.83. The van der Waals surface area contributed by atoms with Gasteiger partial charge in [-0.1, -0.05) is 40.5 Å². The molecule has 0 saturated heterocycles. The Morgan fingerprint density at radius 3 is 1.36 bits per heavy atom. The van der Waals surface area contributed by atoms with Gasteiger partial charge < -0.3 is 0 Å². The Kier molecular flexibility index (Phi) is 2.61. The lowest BCUT2D eigenvalue weighted by Gasteiger charge is -2.37. The molecule has 1 aliphatic rings. The van der Waals surface area contributed by atoms with Crippen molar-refractivity contribution in [2.75, 3.05) is 0 Å². The van der Waals surface area contributed by atoms with E-state index in [1.165, 1.54) is 25.7 Å². The summed E-state index contributed by atoms with van der Waals surface area (Å²) in [7, 11) is 0. The first-order valence-electron chi connectivity index (χ1n) is 5.09. The smallest absolute Gasteiger partial charge is 0.0251 e. The van der Waals surface area contributed by atoms with Crippen molar-refractivity contribution in [3.05, 3.63) is 0 Å². The molecule has 66 valence electrons. The highest BCUT2D eigenvalue weighted by atomic mass is 14.4. The first-order chi connectivity index (χ1) is 5.09. The fourth-order valence-electron chi connectivity index (χ4n) is 2.85. The summed E-state index contributed by atoms with van der Waals surface area (Å²) in [5.41, 5.74) is 0.694. The van der Waals surface area contributed by atoms with Crippen LogP contribution in [0, 0.1) is 17.3 Å². The lowest BCUT2D eigenvalue weighted by atomic mass is 9.68. The van der Waals surface area contributed by atoms with Gasteiger partial charge in [0, 0.05) is 0 Å². The summed E-state index contributed by atoms with van der Waals surface area (Å²) in [6.45, 7) is 9.58. The van der Waals surface area contributed by atoms with Gasteiger partial charge in [0.2, 0.25) is 0 Å². The number of hydrogen-bond acceptors (Lipinski definition) is 0. The zero-order valence-electron chi connectivity index (χ0n) is 8.48. The molecule has 1 fully saturated rings. The van der Waals surface area contributed by atoms with E-state index in [4.69, 9.17) is 0 Å². The Morgan fingerprint density at radius 1 is 0.818 bits per heavy atom. The van der Waals surface area contributed by atoms with Crippen molar-refractivity contribution in [1.82, 2.24) is 0 Å². The number of rotatable bonds is 2. The minimum Gasteiger partial charge on any atom is -0.0622 e. The average Bonchev–Trinajstić information content (AvgIpc) is 2.34. The van der Waals surface area contributed by atoms with E-state index in [0.717, 1.165) is 11.8 Å². The summed E-state index contributed by atoms with van der Waals surface area (Å²) in [6, 6.07) is 0. The molecule has 0 nitrogen and oxygen atoms in total. The lowest BCUT2D eigenvalue weighted by molar-refractivity contribution is 0.121. The van der Waals surface area contributed by atoms with Crippen LogP contribution in [0.2, 0.25) is 0 Å². The SMILES string of the molecule is CC(C)C1(C(C)C)CCCC1. The Balaban J connectivity index is 2.70. The largest absolute Gasteiger partial charge is 0.0622 e.